The second-order valence-corrected chi connectivity index (χ2v) is 17.8. The van der Waals surface area contributed by atoms with Crippen LogP contribution >= 0.6 is 0 Å². The molecule has 0 aromatic carbocycles. The zero-order chi connectivity index (χ0) is 44.1. The lowest BCUT2D eigenvalue weighted by Crippen LogP contribution is -2.62. The van der Waals surface area contributed by atoms with Crippen LogP contribution < -0.4 is 0 Å². The van der Waals surface area contributed by atoms with Crippen LogP contribution in [0.4, 0.5) is 0 Å². The van der Waals surface area contributed by atoms with E-state index in [1.165, 1.54) is 34.1 Å². The lowest BCUT2D eigenvalue weighted by Gasteiger charge is -2.50. The predicted octanol–water partition coefficient (Wildman–Crippen LogP) is 4.22. The number of methoxy groups -OCH3 is 2. The average molecular weight is 830 g/mol. The number of carbonyl (C=O) groups is 3. The quantitative estimate of drug-likeness (QED) is 0.211. The summed E-state index contributed by atoms with van der Waals surface area (Å²) in [5, 5.41) is 23.9. The van der Waals surface area contributed by atoms with Crippen LogP contribution in [-0.2, 0) is 57.0 Å². The summed E-state index contributed by atoms with van der Waals surface area (Å²) >= 11 is 0. The molecule has 15 heteroatoms. The van der Waals surface area contributed by atoms with E-state index in [9.17, 15) is 24.6 Å². The number of aliphatic hydroxyl groups excluding tert-OH is 1. The highest BCUT2D eigenvalue weighted by Crippen LogP contribution is 2.42. The van der Waals surface area contributed by atoms with Crippen molar-refractivity contribution >= 4 is 17.7 Å². The molecule has 58 heavy (non-hydrogen) atoms. The molecule has 15 nitrogen and oxygen atoms in total. The third-order valence-electron chi connectivity index (χ3n) is 12.9. The van der Waals surface area contributed by atoms with Crippen molar-refractivity contribution < 1.29 is 67.2 Å². The third-order valence-corrected chi connectivity index (χ3v) is 12.9. The van der Waals surface area contributed by atoms with Crippen LogP contribution in [0.25, 0.3) is 0 Å². The molecule has 0 aliphatic carbocycles. The Hall–Kier alpha value is -2.05. The fraction of sp³-hybridized carbons (Fsp3) is 0.884. The first-order valence-electron chi connectivity index (χ1n) is 20.9. The molecule has 3 fully saturated rings. The lowest BCUT2D eigenvalue weighted by atomic mass is 9.73. The number of Topliss-reactive ketones (excluding diaryl/α,β-unsaturated/α-hetero) is 1. The Bertz CT molecular complexity index is 1380. The summed E-state index contributed by atoms with van der Waals surface area (Å²) in [6.45, 7) is 22.8. The summed E-state index contributed by atoms with van der Waals surface area (Å²) in [4.78, 5) is 43.0. The van der Waals surface area contributed by atoms with Crippen molar-refractivity contribution in [3.63, 3.8) is 0 Å². The minimum atomic E-state index is -1.80. The molecular weight excluding hydrogens is 754 g/mol. The number of hydrogen-bond donors (Lipinski definition) is 2. The first kappa shape index (κ1) is 50.3. The maximum Gasteiger partial charge on any atom is 0.311 e. The van der Waals surface area contributed by atoms with Crippen LogP contribution in [0, 0.1) is 23.7 Å². The van der Waals surface area contributed by atoms with Crippen molar-refractivity contribution in [2.24, 2.45) is 23.7 Å². The van der Waals surface area contributed by atoms with Crippen LogP contribution in [0.15, 0.2) is 12.7 Å². The standard InChI is InChI=1S/C43H75NO14/c1-17-19-52-37-25(5)33(46)23(3)21-41(10,50-15)36(58-40-34(47)30(44(13)14)20-24(4)53-40)26(6)35(27(7)39(48)56-31(18-2)43(37,12)49)57-32-22-42(11,51-16)38(28(8)54-32)55-29(9)45/h17,23-28,30-32,34-38,40,47,49H,1,18-22H2,2-16H3/t23-,24-,25+,26+,27-,28+,30+,31-,32+,34-,35+,36-,37-,38+,40+,41+,42-,43-/m1/s1. The molecule has 0 unspecified atom stereocenters. The van der Waals surface area contributed by atoms with Crippen LogP contribution in [0.3, 0.4) is 0 Å². The maximum absolute atomic E-state index is 14.5. The molecule has 0 aromatic rings. The van der Waals surface area contributed by atoms with Gasteiger partial charge in [0, 0.05) is 51.4 Å². The Kier molecular flexibility index (Phi) is 17.9. The van der Waals surface area contributed by atoms with E-state index in [0.29, 0.717) is 6.42 Å². The van der Waals surface area contributed by atoms with Crippen molar-refractivity contribution in [2.45, 2.75) is 186 Å². The Morgan fingerprint density at radius 1 is 0.931 bits per heavy atom. The van der Waals surface area contributed by atoms with Crippen molar-refractivity contribution in [3.05, 3.63) is 12.7 Å². The number of likely N-dealkylation sites (N-methyl/N-ethyl adjacent to an activating group) is 1. The molecule has 0 amide bonds. The highest BCUT2D eigenvalue weighted by Gasteiger charge is 2.55. The van der Waals surface area contributed by atoms with Crippen molar-refractivity contribution in [1.82, 2.24) is 4.90 Å². The number of ketones is 1. The Balaban J connectivity index is 2.26. The fourth-order valence-corrected chi connectivity index (χ4v) is 9.44. The minimum Gasteiger partial charge on any atom is -0.459 e. The number of carbonyl (C=O) groups excluding carboxylic acids is 3. The maximum atomic E-state index is 14.5. The van der Waals surface area contributed by atoms with Crippen LogP contribution in [0.5, 0.6) is 0 Å². The molecule has 0 radical (unpaired) electrons. The van der Waals surface area contributed by atoms with Crippen molar-refractivity contribution in [1.29, 1.82) is 0 Å². The van der Waals surface area contributed by atoms with E-state index in [0.717, 1.165) is 0 Å². The molecule has 3 aliphatic heterocycles. The second kappa shape index (κ2) is 20.7. The van der Waals surface area contributed by atoms with Gasteiger partial charge in [-0.2, -0.15) is 0 Å². The van der Waals surface area contributed by atoms with Gasteiger partial charge in [0.1, 0.15) is 29.2 Å². The van der Waals surface area contributed by atoms with Crippen LogP contribution in [0.2, 0.25) is 0 Å². The van der Waals surface area contributed by atoms with E-state index in [1.807, 2.05) is 39.8 Å². The number of rotatable bonds is 12. The average Bonchev–Trinajstić information content (AvgIpc) is 3.15. The SMILES string of the molecule is C=CCO[C@@H]1[C@@H](C)C(=O)[C@H](C)C[C@](C)(OC)[C@H](O[C@@H]2O[C@H](C)C[C@H](N(C)C)[C@H]2O)[C@@H](C)[C@H](O[C@H]2C[C@@](C)(OC)[C@@H](OC(C)=O)[C@H](C)O2)[C@@H](C)C(=O)O[C@H](CC)[C@@]1(C)O. The molecule has 0 bridgehead atoms. The van der Waals surface area contributed by atoms with E-state index < -0.39 is 108 Å². The fourth-order valence-electron chi connectivity index (χ4n) is 9.44. The number of esters is 2. The smallest absolute Gasteiger partial charge is 0.311 e. The topological polar surface area (TPSA) is 178 Å². The highest BCUT2D eigenvalue weighted by atomic mass is 16.7. The molecule has 0 spiro atoms. The number of ether oxygens (including phenoxy) is 9. The molecule has 3 heterocycles. The van der Waals surface area contributed by atoms with Crippen LogP contribution in [-0.4, -0.2) is 152 Å². The van der Waals surface area contributed by atoms with Gasteiger partial charge in [0.2, 0.25) is 0 Å². The summed E-state index contributed by atoms with van der Waals surface area (Å²) in [5.74, 6) is -4.61. The van der Waals surface area contributed by atoms with E-state index in [4.69, 9.17) is 42.6 Å². The molecule has 2 N–H and O–H groups in total. The van der Waals surface area contributed by atoms with Crippen molar-refractivity contribution in [2.75, 3.05) is 34.9 Å². The largest absolute Gasteiger partial charge is 0.459 e. The van der Waals surface area contributed by atoms with Gasteiger partial charge in [-0.1, -0.05) is 33.8 Å². The number of hydrogen-bond acceptors (Lipinski definition) is 15. The number of nitrogens with zero attached hydrogens (tertiary/aromatic N) is 1. The van der Waals surface area contributed by atoms with E-state index in [-0.39, 0.29) is 43.8 Å². The van der Waals surface area contributed by atoms with Gasteiger partial charge in [-0.25, -0.2) is 0 Å². The number of aliphatic hydroxyl groups is 2. The highest BCUT2D eigenvalue weighted by molar-refractivity contribution is 5.83. The van der Waals surface area contributed by atoms with E-state index in [2.05, 4.69) is 6.58 Å². The normalized spacial score (nSPS) is 45.0. The Labute approximate surface area is 346 Å². The summed E-state index contributed by atoms with van der Waals surface area (Å²) in [7, 11) is 6.82. The summed E-state index contributed by atoms with van der Waals surface area (Å²) in [6, 6.07) is -0.293. The van der Waals surface area contributed by atoms with Gasteiger partial charge < -0.3 is 57.7 Å². The molecule has 0 aromatic heterocycles. The zero-order valence-corrected chi connectivity index (χ0v) is 37.7. The number of cyclic esters (lactones) is 1. The molecule has 336 valence electrons. The molecule has 0 saturated carbocycles. The predicted molar refractivity (Wildman–Crippen MR) is 215 cm³/mol. The third kappa shape index (κ3) is 11.3. The zero-order valence-electron chi connectivity index (χ0n) is 37.7. The van der Waals surface area contributed by atoms with Gasteiger partial charge in [0.05, 0.1) is 48.6 Å². The van der Waals surface area contributed by atoms with Gasteiger partial charge in [-0.3, -0.25) is 14.4 Å². The summed E-state index contributed by atoms with van der Waals surface area (Å²) in [5.41, 5.74) is -4.09. The van der Waals surface area contributed by atoms with E-state index in [1.54, 1.807) is 41.5 Å². The minimum absolute atomic E-state index is 0.0430. The molecule has 3 rings (SSSR count). The van der Waals surface area contributed by atoms with Gasteiger partial charge >= 0.3 is 11.9 Å². The van der Waals surface area contributed by atoms with Crippen LogP contribution in [0.1, 0.15) is 102 Å². The van der Waals surface area contributed by atoms with Gasteiger partial charge in [0.15, 0.2) is 18.7 Å². The molecule has 3 saturated heterocycles. The first-order valence-corrected chi connectivity index (χ1v) is 20.9. The summed E-state index contributed by atoms with van der Waals surface area (Å²) in [6.07, 6.45) is -6.45. The second-order valence-electron chi connectivity index (χ2n) is 17.8. The van der Waals surface area contributed by atoms with E-state index >= 15 is 0 Å². The lowest BCUT2D eigenvalue weighted by molar-refractivity contribution is -0.320. The molecular formula is C43H75NO14. The van der Waals surface area contributed by atoms with Crippen molar-refractivity contribution in [3.8, 4) is 0 Å². The Morgan fingerprint density at radius 3 is 2.07 bits per heavy atom. The monoisotopic (exact) mass is 830 g/mol. The van der Waals surface area contributed by atoms with Gasteiger partial charge in [-0.15, -0.1) is 6.58 Å². The molecule has 18 atom stereocenters. The summed E-state index contributed by atoms with van der Waals surface area (Å²) < 4.78 is 56.7. The van der Waals surface area contributed by atoms with Gasteiger partial charge in [-0.05, 0) is 74.9 Å². The van der Waals surface area contributed by atoms with Gasteiger partial charge in [0.25, 0.3) is 0 Å². The Morgan fingerprint density at radius 2 is 1.53 bits per heavy atom. The first-order chi connectivity index (χ1) is 26.9. The molecule has 3 aliphatic rings.